The molecule has 150 valence electrons. The topological polar surface area (TPSA) is 81.9 Å². The molecule has 7 nitrogen and oxygen atoms in total. The highest BCUT2D eigenvalue weighted by Crippen LogP contribution is 2.29. The lowest BCUT2D eigenvalue weighted by molar-refractivity contribution is 0.0951. The van der Waals surface area contributed by atoms with Crippen LogP contribution in [0.3, 0.4) is 0 Å². The van der Waals surface area contributed by atoms with Crippen molar-refractivity contribution in [3.05, 3.63) is 66.1 Å². The maximum Gasteiger partial charge on any atom is 0.251 e. The van der Waals surface area contributed by atoms with E-state index in [1.165, 1.54) is 0 Å². The van der Waals surface area contributed by atoms with Gasteiger partial charge in [-0.3, -0.25) is 4.79 Å². The van der Waals surface area contributed by atoms with Crippen molar-refractivity contribution in [3.8, 4) is 22.7 Å². The zero-order valence-corrected chi connectivity index (χ0v) is 16.8. The molecule has 2 aromatic carbocycles. The summed E-state index contributed by atoms with van der Waals surface area (Å²) in [5, 5.41) is 8.46. The van der Waals surface area contributed by atoms with E-state index in [1.54, 1.807) is 24.3 Å². The number of ether oxygens (including phenoxy) is 1. The van der Waals surface area contributed by atoms with Crippen LogP contribution in [0.15, 0.2) is 55.0 Å². The van der Waals surface area contributed by atoms with Gasteiger partial charge in [0.1, 0.15) is 12.1 Å². The predicted molar refractivity (Wildman–Crippen MR) is 114 cm³/mol. The normalized spacial score (nSPS) is 13.4. The minimum absolute atomic E-state index is 0.0521. The molecule has 1 aliphatic carbocycles. The van der Waals surface area contributed by atoms with E-state index in [0.29, 0.717) is 17.3 Å². The smallest absolute Gasteiger partial charge is 0.251 e. The van der Waals surface area contributed by atoms with Crippen molar-refractivity contribution in [2.24, 2.45) is 0 Å². The second kappa shape index (κ2) is 7.26. The number of rotatable bonds is 5. The number of nitrogens with zero attached hydrogens (tertiary/aromatic N) is 4. The predicted octanol–water partition coefficient (Wildman–Crippen LogP) is 3.69. The molecule has 1 saturated carbocycles. The first-order chi connectivity index (χ1) is 14.6. The Morgan fingerprint density at radius 1 is 1.13 bits per heavy atom. The van der Waals surface area contributed by atoms with Crippen LogP contribution in [0.1, 0.15) is 28.8 Å². The first-order valence-electron chi connectivity index (χ1n) is 9.89. The van der Waals surface area contributed by atoms with Gasteiger partial charge >= 0.3 is 0 Å². The number of fused-ring (bicyclic) bond motifs is 1. The number of aromatic nitrogens is 4. The minimum atomic E-state index is -0.0521. The number of carbonyl (C=O) groups is 1. The van der Waals surface area contributed by atoms with Gasteiger partial charge in [0.2, 0.25) is 0 Å². The molecule has 7 heteroatoms. The molecule has 0 radical (unpaired) electrons. The van der Waals surface area contributed by atoms with E-state index in [1.807, 2.05) is 49.4 Å². The van der Waals surface area contributed by atoms with E-state index in [9.17, 15) is 4.79 Å². The van der Waals surface area contributed by atoms with Gasteiger partial charge in [-0.15, -0.1) is 0 Å². The SMILES string of the molecule is COc1ccc(-c2ncnc3c2cnn3-c2cc(C(=O)NC3CC3)ccc2C)cc1. The Kier molecular flexibility index (Phi) is 4.43. The fourth-order valence-electron chi connectivity index (χ4n) is 3.47. The molecule has 5 rings (SSSR count). The Hall–Kier alpha value is -3.74. The third-order valence-electron chi connectivity index (χ3n) is 5.34. The fraction of sp³-hybridized carbons (Fsp3) is 0.217. The molecule has 0 bridgehead atoms. The maximum absolute atomic E-state index is 12.5. The lowest BCUT2D eigenvalue weighted by Gasteiger charge is -2.10. The van der Waals surface area contributed by atoms with Gasteiger partial charge in [-0.1, -0.05) is 6.07 Å². The lowest BCUT2D eigenvalue weighted by Crippen LogP contribution is -2.25. The molecule has 1 aliphatic rings. The minimum Gasteiger partial charge on any atom is -0.497 e. The van der Waals surface area contributed by atoms with Crippen LogP contribution in [0.25, 0.3) is 28.0 Å². The summed E-state index contributed by atoms with van der Waals surface area (Å²) in [4.78, 5) is 21.5. The standard InChI is InChI=1S/C23H21N5O2/c1-14-3-4-16(23(29)27-17-7-8-17)11-20(14)28-22-19(12-26-28)21(24-13-25-22)15-5-9-18(30-2)10-6-15/h3-6,9-13,17H,7-8H2,1-2H3,(H,27,29). The van der Waals surface area contributed by atoms with Crippen molar-refractivity contribution in [2.45, 2.75) is 25.8 Å². The fourth-order valence-corrected chi connectivity index (χ4v) is 3.47. The van der Waals surface area contributed by atoms with E-state index in [2.05, 4.69) is 20.4 Å². The Balaban J connectivity index is 1.57. The van der Waals surface area contributed by atoms with E-state index in [0.717, 1.165) is 46.5 Å². The maximum atomic E-state index is 12.5. The average molecular weight is 399 g/mol. The first-order valence-corrected chi connectivity index (χ1v) is 9.89. The Bertz CT molecular complexity index is 1240. The summed E-state index contributed by atoms with van der Waals surface area (Å²) in [5.41, 5.74) is 4.90. The highest BCUT2D eigenvalue weighted by atomic mass is 16.5. The Labute approximate surface area is 173 Å². The van der Waals surface area contributed by atoms with Crippen molar-refractivity contribution in [1.29, 1.82) is 0 Å². The second-order valence-corrected chi connectivity index (χ2v) is 7.49. The van der Waals surface area contributed by atoms with Gasteiger partial charge in [-0.25, -0.2) is 14.6 Å². The zero-order chi connectivity index (χ0) is 20.7. The number of carbonyl (C=O) groups excluding carboxylic acids is 1. The molecule has 0 aliphatic heterocycles. The van der Waals surface area contributed by atoms with Gasteiger partial charge in [0.15, 0.2) is 5.65 Å². The molecule has 0 spiro atoms. The lowest BCUT2D eigenvalue weighted by atomic mass is 10.1. The number of benzene rings is 2. The van der Waals surface area contributed by atoms with Gasteiger partial charge in [-0.05, 0) is 61.7 Å². The third kappa shape index (κ3) is 3.28. The van der Waals surface area contributed by atoms with Crippen LogP contribution < -0.4 is 10.1 Å². The molecule has 30 heavy (non-hydrogen) atoms. The molecule has 0 unspecified atom stereocenters. The largest absolute Gasteiger partial charge is 0.497 e. The van der Waals surface area contributed by atoms with E-state index in [4.69, 9.17) is 4.74 Å². The first kappa shape index (κ1) is 18.3. The Morgan fingerprint density at radius 3 is 2.67 bits per heavy atom. The molecule has 2 aromatic heterocycles. The van der Waals surface area contributed by atoms with E-state index >= 15 is 0 Å². The van der Waals surface area contributed by atoms with Crippen LogP contribution in [0.4, 0.5) is 0 Å². The molecular weight excluding hydrogens is 378 g/mol. The highest BCUT2D eigenvalue weighted by Gasteiger charge is 2.24. The van der Waals surface area contributed by atoms with Crippen molar-refractivity contribution in [2.75, 3.05) is 7.11 Å². The van der Waals surface area contributed by atoms with Crippen molar-refractivity contribution in [3.63, 3.8) is 0 Å². The van der Waals surface area contributed by atoms with Gasteiger partial charge < -0.3 is 10.1 Å². The summed E-state index contributed by atoms with van der Waals surface area (Å²) < 4.78 is 7.02. The monoisotopic (exact) mass is 399 g/mol. The molecular formula is C23H21N5O2. The van der Waals surface area contributed by atoms with Gasteiger partial charge in [-0.2, -0.15) is 5.10 Å². The van der Waals surface area contributed by atoms with E-state index in [-0.39, 0.29) is 5.91 Å². The summed E-state index contributed by atoms with van der Waals surface area (Å²) in [6, 6.07) is 13.7. The molecule has 1 amide bonds. The van der Waals surface area contributed by atoms with Crippen molar-refractivity contribution in [1.82, 2.24) is 25.1 Å². The van der Waals surface area contributed by atoms with Crippen LogP contribution in [0.2, 0.25) is 0 Å². The zero-order valence-electron chi connectivity index (χ0n) is 16.8. The summed E-state index contributed by atoms with van der Waals surface area (Å²) in [6.45, 7) is 2.00. The number of nitrogens with one attached hydrogen (secondary N) is 1. The summed E-state index contributed by atoms with van der Waals surface area (Å²) in [6.07, 6.45) is 5.42. The van der Waals surface area contributed by atoms with Gasteiger partial charge in [0.05, 0.1) is 30.1 Å². The molecule has 0 atom stereocenters. The summed E-state index contributed by atoms with van der Waals surface area (Å²) >= 11 is 0. The van der Waals surface area contributed by atoms with Crippen LogP contribution in [-0.2, 0) is 0 Å². The Morgan fingerprint density at radius 2 is 1.93 bits per heavy atom. The quantitative estimate of drug-likeness (QED) is 0.553. The molecule has 2 heterocycles. The molecule has 1 N–H and O–H groups in total. The number of amides is 1. The van der Waals surface area contributed by atoms with E-state index < -0.39 is 0 Å². The number of aryl methyl sites for hydroxylation is 1. The van der Waals surface area contributed by atoms with Crippen LogP contribution in [0, 0.1) is 6.92 Å². The van der Waals surface area contributed by atoms with Crippen molar-refractivity contribution >= 4 is 16.9 Å². The highest BCUT2D eigenvalue weighted by molar-refractivity contribution is 5.96. The summed E-state index contributed by atoms with van der Waals surface area (Å²) in [7, 11) is 1.64. The second-order valence-electron chi connectivity index (χ2n) is 7.49. The van der Waals surface area contributed by atoms with Gasteiger partial charge in [0, 0.05) is 17.2 Å². The number of hydrogen-bond donors (Lipinski definition) is 1. The van der Waals surface area contributed by atoms with Crippen LogP contribution >= 0.6 is 0 Å². The average Bonchev–Trinajstić information content (AvgIpc) is 3.49. The third-order valence-corrected chi connectivity index (χ3v) is 5.34. The van der Waals surface area contributed by atoms with Crippen molar-refractivity contribution < 1.29 is 9.53 Å². The molecule has 1 fully saturated rings. The summed E-state index contributed by atoms with van der Waals surface area (Å²) in [5.74, 6) is 0.736. The molecule has 4 aromatic rings. The number of hydrogen-bond acceptors (Lipinski definition) is 5. The van der Waals surface area contributed by atoms with Gasteiger partial charge in [0.25, 0.3) is 5.91 Å². The van der Waals surface area contributed by atoms with Crippen LogP contribution in [0.5, 0.6) is 5.75 Å². The number of methoxy groups -OCH3 is 1. The molecule has 0 saturated heterocycles. The van der Waals surface area contributed by atoms with Crippen LogP contribution in [-0.4, -0.2) is 38.8 Å².